The molecule has 6 N–H and O–H groups in total. The second-order valence-electron chi connectivity index (χ2n) is 12.0. The lowest BCUT2D eigenvalue weighted by Crippen LogP contribution is -2.31. The Bertz CT molecular complexity index is 2560. The highest BCUT2D eigenvalue weighted by molar-refractivity contribution is 6.14. The Morgan fingerprint density at radius 1 is 0.618 bits per heavy atom. The van der Waals surface area contributed by atoms with Crippen molar-refractivity contribution in [3.63, 3.8) is 0 Å². The van der Waals surface area contributed by atoms with E-state index in [1.165, 1.54) is 42.6 Å². The first-order chi connectivity index (χ1) is 26.0. The molecule has 55 heavy (non-hydrogen) atoms. The van der Waals surface area contributed by atoms with Gasteiger partial charge in [0.15, 0.2) is 17.8 Å². The second kappa shape index (κ2) is 15.7. The number of hydrogen-bond acceptors (Lipinski definition) is 8. The van der Waals surface area contributed by atoms with Crippen molar-refractivity contribution < 1.29 is 51.7 Å². The van der Waals surface area contributed by atoms with Crippen LogP contribution in [0.4, 0.5) is 28.9 Å². The number of nitrogen functional groups attached to an aromatic ring is 2. The lowest BCUT2D eigenvalue weighted by molar-refractivity contribution is -0.593. The van der Waals surface area contributed by atoms with Gasteiger partial charge in [-0.05, 0) is 85.6 Å². The van der Waals surface area contributed by atoms with E-state index in [0.29, 0.717) is 39.1 Å². The van der Waals surface area contributed by atoms with Gasteiger partial charge in [-0.25, -0.2) is 27.2 Å². The Morgan fingerprint density at radius 3 is 1.55 bits per heavy atom. The van der Waals surface area contributed by atoms with Crippen LogP contribution in [0.1, 0.15) is 63.7 Å². The van der Waals surface area contributed by atoms with Gasteiger partial charge in [0.25, 0.3) is 0 Å². The maximum Gasteiger partial charge on any atom is 0.335 e. The van der Waals surface area contributed by atoms with Gasteiger partial charge >= 0.3 is 11.9 Å². The zero-order valence-corrected chi connectivity index (χ0v) is 28.7. The minimum atomic E-state index is -1.13. The van der Waals surface area contributed by atoms with Crippen LogP contribution in [-0.2, 0) is 0 Å². The van der Waals surface area contributed by atoms with Crippen molar-refractivity contribution in [1.82, 2.24) is 4.98 Å². The van der Waals surface area contributed by atoms with Crippen molar-refractivity contribution in [3.05, 3.63) is 170 Å². The molecule has 6 aromatic rings. The number of benzene rings is 4. The van der Waals surface area contributed by atoms with Crippen molar-refractivity contribution >= 4 is 34.9 Å². The van der Waals surface area contributed by atoms with Gasteiger partial charge < -0.3 is 26.9 Å². The van der Waals surface area contributed by atoms with E-state index in [1.54, 1.807) is 19.9 Å². The number of nitrogens with zero attached hydrogens (tertiary/aromatic N) is 2. The van der Waals surface area contributed by atoms with Gasteiger partial charge in [-0.2, -0.15) is 4.73 Å². The number of carboxylic acid groups (broad SMARTS) is 2. The summed E-state index contributed by atoms with van der Waals surface area (Å²) in [6.07, 6.45) is 2.40. The lowest BCUT2D eigenvalue weighted by atomic mass is 9.96. The fraction of sp³-hybridized carbons (Fsp3) is 0.0500. The number of aromatic carboxylic acids is 2. The number of carbonyl (C=O) groups excluding carboxylic acids is 2. The quantitative estimate of drug-likeness (QED) is 0.0547. The third-order valence-corrected chi connectivity index (χ3v) is 8.43. The summed E-state index contributed by atoms with van der Waals surface area (Å²) in [6, 6.07) is 16.2. The molecule has 0 aliphatic heterocycles. The Labute approximate surface area is 309 Å². The Kier molecular flexibility index (Phi) is 11.1. The molecule has 0 saturated heterocycles. The highest BCUT2D eigenvalue weighted by Crippen LogP contribution is 2.32. The molecule has 0 atom stereocenters. The Morgan fingerprint density at radius 2 is 1.09 bits per heavy atom. The van der Waals surface area contributed by atoms with Crippen LogP contribution in [-0.4, -0.2) is 38.7 Å². The number of nitrogens with two attached hydrogens (primary N) is 2. The summed E-state index contributed by atoms with van der Waals surface area (Å²) >= 11 is 0. The molecule has 2 aromatic heterocycles. The SMILES string of the molecule is Cc1cc(C(=O)O)ccc1-c1c(N)c(C(=O)c2ccc(F)cc2F)cc[n+]1[O-].Cc1cc(C(=O)O)ccc1-c1nccc(C(=O)c2ccc(F)cc2F)c1N. The second-order valence-corrected chi connectivity index (χ2v) is 12.0. The number of aryl methyl sites for hydroxylation is 2. The molecule has 0 aliphatic rings. The predicted octanol–water partition coefficient (Wildman–Crippen LogP) is 6.93. The number of carbonyl (C=O) groups is 4. The summed E-state index contributed by atoms with van der Waals surface area (Å²) < 4.78 is 54.6. The molecule has 0 aliphatic carbocycles. The summed E-state index contributed by atoms with van der Waals surface area (Å²) in [6.45, 7) is 3.28. The number of carboxylic acids is 2. The number of hydrogen-bond donors (Lipinski definition) is 4. The molecule has 6 rings (SSSR count). The molecular weight excluding hydrogens is 724 g/mol. The van der Waals surface area contributed by atoms with Gasteiger partial charge in [-0.3, -0.25) is 14.6 Å². The van der Waals surface area contributed by atoms with Crippen LogP contribution in [0.2, 0.25) is 0 Å². The van der Waals surface area contributed by atoms with Crippen LogP contribution in [0.25, 0.3) is 22.5 Å². The van der Waals surface area contributed by atoms with Gasteiger partial charge in [0.05, 0.1) is 44.8 Å². The number of ketones is 2. The molecule has 0 saturated carbocycles. The van der Waals surface area contributed by atoms with E-state index in [1.807, 2.05) is 0 Å². The number of halogens is 4. The molecule has 0 amide bonds. The third kappa shape index (κ3) is 8.00. The monoisotopic (exact) mass is 752 g/mol. The highest BCUT2D eigenvalue weighted by Gasteiger charge is 2.26. The molecule has 11 nitrogen and oxygen atoms in total. The number of anilines is 2. The summed E-state index contributed by atoms with van der Waals surface area (Å²) in [7, 11) is 0. The van der Waals surface area contributed by atoms with Gasteiger partial charge in [0, 0.05) is 35.5 Å². The summed E-state index contributed by atoms with van der Waals surface area (Å²) in [5.74, 6) is -7.37. The van der Waals surface area contributed by atoms with Crippen LogP contribution < -0.4 is 16.2 Å². The van der Waals surface area contributed by atoms with Gasteiger partial charge in [0.1, 0.15) is 29.0 Å². The van der Waals surface area contributed by atoms with Gasteiger partial charge in [0.2, 0.25) is 5.69 Å². The van der Waals surface area contributed by atoms with Crippen molar-refractivity contribution in [2.75, 3.05) is 11.5 Å². The average molecular weight is 753 g/mol. The zero-order chi connectivity index (χ0) is 40.3. The van der Waals surface area contributed by atoms with E-state index in [2.05, 4.69) is 4.98 Å². The van der Waals surface area contributed by atoms with Crippen LogP contribution in [0.15, 0.2) is 97.3 Å². The van der Waals surface area contributed by atoms with Crippen molar-refractivity contribution in [1.29, 1.82) is 0 Å². The Hall–Kier alpha value is -7.42. The molecule has 0 unspecified atom stereocenters. The maximum atomic E-state index is 14.0. The molecule has 2 heterocycles. The Balaban J connectivity index is 0.000000211. The number of pyridine rings is 2. The van der Waals surface area contributed by atoms with Crippen LogP contribution >= 0.6 is 0 Å². The van der Waals surface area contributed by atoms with E-state index in [9.17, 15) is 41.9 Å². The van der Waals surface area contributed by atoms with Crippen LogP contribution in [0.3, 0.4) is 0 Å². The fourth-order valence-corrected chi connectivity index (χ4v) is 5.66. The van der Waals surface area contributed by atoms with Crippen molar-refractivity contribution in [3.8, 4) is 22.5 Å². The normalized spacial score (nSPS) is 10.7. The molecule has 15 heteroatoms. The standard InChI is InChI=1S/C20H14F2N2O4.C20H14F2N2O3/c1-10-8-11(20(26)27)2-4-13(10)18-17(23)15(6-7-24(18)28)19(25)14-5-3-12(21)9-16(14)22;1-10-8-11(20(26)27)2-4-13(10)18-17(23)15(6-7-24-18)19(25)14-5-3-12(21)9-16(14)22/h2-9H,23H2,1H3,(H,26,27);2-9H,23H2,1H3,(H,26,27). The van der Waals surface area contributed by atoms with Gasteiger partial charge in [-0.15, -0.1) is 0 Å². The first-order valence-electron chi connectivity index (χ1n) is 15.9. The van der Waals surface area contributed by atoms with Crippen LogP contribution in [0.5, 0.6) is 0 Å². The summed E-state index contributed by atoms with van der Waals surface area (Å²) in [5.41, 5.74) is 13.4. The van der Waals surface area contributed by atoms with Crippen molar-refractivity contribution in [2.24, 2.45) is 0 Å². The summed E-state index contributed by atoms with van der Waals surface area (Å²) in [5, 5.41) is 30.5. The largest absolute Gasteiger partial charge is 0.618 e. The van der Waals surface area contributed by atoms with Crippen LogP contribution in [0, 0.1) is 42.3 Å². The third-order valence-electron chi connectivity index (χ3n) is 8.43. The van der Waals surface area contributed by atoms with E-state index in [-0.39, 0.29) is 56.1 Å². The topological polar surface area (TPSA) is 201 Å². The van der Waals surface area contributed by atoms with E-state index in [4.69, 9.17) is 21.7 Å². The first kappa shape index (κ1) is 38.8. The summed E-state index contributed by atoms with van der Waals surface area (Å²) in [4.78, 5) is 51.7. The molecule has 0 radical (unpaired) electrons. The maximum absolute atomic E-state index is 14.0. The lowest BCUT2D eigenvalue weighted by Gasteiger charge is -2.13. The van der Waals surface area contributed by atoms with Crippen molar-refractivity contribution in [2.45, 2.75) is 13.8 Å². The predicted molar refractivity (Wildman–Crippen MR) is 192 cm³/mol. The molecule has 0 bridgehead atoms. The molecular formula is C40H28F4N4O7. The van der Waals surface area contributed by atoms with E-state index in [0.717, 1.165) is 36.5 Å². The molecule has 278 valence electrons. The molecule has 0 spiro atoms. The molecule has 0 fully saturated rings. The zero-order valence-electron chi connectivity index (χ0n) is 28.7. The average Bonchev–Trinajstić information content (AvgIpc) is 3.12. The highest BCUT2D eigenvalue weighted by atomic mass is 19.1. The number of rotatable bonds is 8. The minimum Gasteiger partial charge on any atom is -0.618 e. The smallest absolute Gasteiger partial charge is 0.335 e. The first-order valence-corrected chi connectivity index (χ1v) is 15.9. The molecule has 4 aromatic carbocycles. The van der Waals surface area contributed by atoms with E-state index >= 15 is 0 Å². The minimum absolute atomic E-state index is 0.0206. The fourth-order valence-electron chi connectivity index (χ4n) is 5.66. The van der Waals surface area contributed by atoms with E-state index < -0.39 is 46.8 Å². The number of aromatic nitrogens is 2. The van der Waals surface area contributed by atoms with Gasteiger partial charge in [-0.1, -0.05) is 6.07 Å².